The minimum atomic E-state index is -4.59. The fourth-order valence-corrected chi connectivity index (χ4v) is 4.57. The van der Waals surface area contributed by atoms with Crippen molar-refractivity contribution in [3.05, 3.63) is 113 Å². The largest absolute Gasteiger partial charge is 0.487 e. The number of benzene rings is 4. The molecule has 41 heavy (non-hydrogen) atoms. The number of carbonyl (C=O) groups is 1. The van der Waals surface area contributed by atoms with Crippen molar-refractivity contribution in [2.75, 3.05) is 22.1 Å². The average molecular weight is 581 g/mol. The first-order chi connectivity index (χ1) is 19.7. The van der Waals surface area contributed by atoms with Crippen molar-refractivity contribution >= 4 is 46.1 Å². The Bertz CT molecular complexity index is 1560. The molecule has 2 amide bonds. The number of aliphatic hydroxyl groups is 1. The van der Waals surface area contributed by atoms with E-state index in [1.54, 1.807) is 24.3 Å². The lowest BCUT2D eigenvalue weighted by molar-refractivity contribution is -0.137. The molecule has 0 radical (unpaired) electrons. The van der Waals surface area contributed by atoms with E-state index in [2.05, 4.69) is 15.6 Å². The van der Waals surface area contributed by atoms with Gasteiger partial charge in [-0.05, 0) is 60.2 Å². The van der Waals surface area contributed by atoms with Crippen molar-refractivity contribution in [1.29, 1.82) is 0 Å². The molecule has 0 aliphatic carbocycles. The number of rotatable bonds is 7. The molecular formula is C30H24ClF3N4O3. The normalized spacial score (nSPS) is 14.6. The van der Waals surface area contributed by atoms with Crippen LogP contribution in [-0.2, 0) is 12.7 Å². The molecule has 210 valence electrons. The van der Waals surface area contributed by atoms with Gasteiger partial charge in [0.05, 0.1) is 22.0 Å². The predicted octanol–water partition coefficient (Wildman–Crippen LogP) is 7.49. The minimum Gasteiger partial charge on any atom is -0.487 e. The summed E-state index contributed by atoms with van der Waals surface area (Å²) in [7, 11) is 0. The van der Waals surface area contributed by atoms with E-state index in [0.29, 0.717) is 29.4 Å². The lowest BCUT2D eigenvalue weighted by atomic mass is 10.1. The molecule has 1 heterocycles. The highest BCUT2D eigenvalue weighted by molar-refractivity contribution is 6.31. The van der Waals surface area contributed by atoms with Gasteiger partial charge < -0.3 is 25.4 Å². The van der Waals surface area contributed by atoms with Crippen LogP contribution in [0.25, 0.3) is 0 Å². The fraction of sp³-hybridized carbons (Fsp3) is 0.133. The second kappa shape index (κ2) is 11.9. The van der Waals surface area contributed by atoms with E-state index >= 15 is 0 Å². The zero-order chi connectivity index (χ0) is 29.0. The van der Waals surface area contributed by atoms with Crippen LogP contribution in [0.15, 0.2) is 102 Å². The second-order valence-corrected chi connectivity index (χ2v) is 9.57. The summed E-state index contributed by atoms with van der Waals surface area (Å²) in [5, 5.41) is 15.8. The van der Waals surface area contributed by atoms with Crippen LogP contribution in [0.5, 0.6) is 5.75 Å². The Kier molecular flexibility index (Phi) is 8.14. The summed E-state index contributed by atoms with van der Waals surface area (Å²) < 4.78 is 44.6. The van der Waals surface area contributed by atoms with Crippen LogP contribution in [0.2, 0.25) is 5.02 Å². The van der Waals surface area contributed by atoms with Gasteiger partial charge in [0.25, 0.3) is 0 Å². The van der Waals surface area contributed by atoms with Crippen molar-refractivity contribution in [1.82, 2.24) is 0 Å². The zero-order valence-electron chi connectivity index (χ0n) is 21.4. The SMILES string of the molecule is O=C(Nc1ccc(CN2c3ccccc3N=C(COc3ccccc3)C2O)cc1)Nc1ccc(C(F)(F)F)c(Cl)c1. The van der Waals surface area contributed by atoms with Crippen molar-refractivity contribution in [3.8, 4) is 5.75 Å². The number of ether oxygens (including phenoxy) is 1. The average Bonchev–Trinajstić information content (AvgIpc) is 2.94. The molecule has 0 saturated carbocycles. The molecule has 0 aromatic heterocycles. The number of amides is 2. The quantitative estimate of drug-likeness (QED) is 0.211. The summed E-state index contributed by atoms with van der Waals surface area (Å²) >= 11 is 5.72. The maximum Gasteiger partial charge on any atom is 0.417 e. The number of hydrogen-bond donors (Lipinski definition) is 3. The van der Waals surface area contributed by atoms with Gasteiger partial charge in [-0.2, -0.15) is 13.2 Å². The number of aliphatic imine (C=N–C) groups is 1. The molecule has 7 nitrogen and oxygen atoms in total. The Balaban J connectivity index is 1.23. The Morgan fingerprint density at radius 1 is 0.927 bits per heavy atom. The summed E-state index contributed by atoms with van der Waals surface area (Å²) in [4.78, 5) is 18.8. The lowest BCUT2D eigenvalue weighted by Gasteiger charge is -2.35. The third-order valence-electron chi connectivity index (χ3n) is 6.28. The Morgan fingerprint density at radius 2 is 1.59 bits per heavy atom. The van der Waals surface area contributed by atoms with E-state index < -0.39 is 29.0 Å². The number of halogens is 4. The van der Waals surface area contributed by atoms with Crippen molar-refractivity contribution in [3.63, 3.8) is 0 Å². The topological polar surface area (TPSA) is 86.2 Å². The lowest BCUT2D eigenvalue weighted by Crippen LogP contribution is -2.45. The summed E-state index contributed by atoms with van der Waals surface area (Å²) in [5.74, 6) is 0.668. The van der Waals surface area contributed by atoms with Gasteiger partial charge in [0.2, 0.25) is 0 Å². The second-order valence-electron chi connectivity index (χ2n) is 9.16. The van der Waals surface area contributed by atoms with Crippen LogP contribution in [0.4, 0.5) is 40.7 Å². The number of nitrogens with zero attached hydrogens (tertiary/aromatic N) is 2. The maximum absolute atomic E-state index is 12.9. The van der Waals surface area contributed by atoms with Gasteiger partial charge in [-0.25, -0.2) is 9.79 Å². The predicted molar refractivity (Wildman–Crippen MR) is 153 cm³/mol. The van der Waals surface area contributed by atoms with Crippen molar-refractivity contribution in [2.24, 2.45) is 4.99 Å². The number of hydrogen-bond acceptors (Lipinski definition) is 5. The first-order valence-corrected chi connectivity index (χ1v) is 12.9. The molecule has 3 N–H and O–H groups in total. The van der Waals surface area contributed by atoms with E-state index in [1.165, 1.54) is 0 Å². The number of urea groups is 1. The molecule has 1 unspecified atom stereocenters. The number of para-hydroxylation sites is 3. The van der Waals surface area contributed by atoms with E-state index in [1.807, 2.05) is 59.5 Å². The van der Waals surface area contributed by atoms with Gasteiger partial charge in [0.1, 0.15) is 18.1 Å². The summed E-state index contributed by atoms with van der Waals surface area (Å²) in [6.45, 7) is 0.456. The first kappa shape index (κ1) is 28.0. The molecule has 0 fully saturated rings. The molecule has 11 heteroatoms. The highest BCUT2D eigenvalue weighted by Gasteiger charge is 2.33. The van der Waals surface area contributed by atoms with Crippen LogP contribution in [0, 0.1) is 0 Å². The molecule has 4 aromatic carbocycles. The van der Waals surface area contributed by atoms with Crippen LogP contribution in [0.1, 0.15) is 11.1 Å². The van der Waals surface area contributed by atoms with Gasteiger partial charge in [-0.3, -0.25) is 0 Å². The number of alkyl halides is 3. The van der Waals surface area contributed by atoms with E-state index in [-0.39, 0.29) is 12.3 Å². The van der Waals surface area contributed by atoms with E-state index in [4.69, 9.17) is 16.3 Å². The molecule has 1 aliphatic rings. The molecule has 1 aliphatic heterocycles. The standard InChI is InChI=1S/C30H24ClF3N4O3/c31-24-16-21(14-15-23(24)30(32,33)34)36-29(40)35-20-12-10-19(11-13-20)17-38-27-9-5-4-8-25(27)37-26(28(38)39)18-41-22-6-2-1-3-7-22/h1-16,28,39H,17-18H2,(H2,35,36,40). The smallest absolute Gasteiger partial charge is 0.417 e. The number of fused-ring (bicyclic) bond motifs is 1. The Morgan fingerprint density at radius 3 is 2.29 bits per heavy atom. The van der Waals surface area contributed by atoms with E-state index in [9.17, 15) is 23.1 Å². The van der Waals surface area contributed by atoms with Crippen molar-refractivity contribution in [2.45, 2.75) is 18.9 Å². The third-order valence-corrected chi connectivity index (χ3v) is 6.59. The van der Waals surface area contributed by atoms with E-state index in [0.717, 1.165) is 29.4 Å². The third kappa shape index (κ3) is 6.79. The fourth-order valence-electron chi connectivity index (χ4n) is 4.28. The molecule has 0 saturated heterocycles. The summed E-state index contributed by atoms with van der Waals surface area (Å²) in [6, 6.07) is 26.1. The van der Waals surface area contributed by atoms with Crippen LogP contribution >= 0.6 is 11.6 Å². The summed E-state index contributed by atoms with van der Waals surface area (Å²) in [6.07, 6.45) is -5.61. The van der Waals surface area contributed by atoms with Gasteiger partial charge >= 0.3 is 12.2 Å². The van der Waals surface area contributed by atoms with Crippen molar-refractivity contribution < 1.29 is 27.8 Å². The molecule has 4 aromatic rings. The molecule has 0 bridgehead atoms. The van der Waals surface area contributed by atoms with Gasteiger partial charge in [-0.15, -0.1) is 0 Å². The monoisotopic (exact) mass is 580 g/mol. The number of nitrogens with one attached hydrogen (secondary N) is 2. The first-order valence-electron chi connectivity index (χ1n) is 12.5. The number of anilines is 3. The van der Waals surface area contributed by atoms with Gasteiger partial charge in [-0.1, -0.05) is 54.1 Å². The highest BCUT2D eigenvalue weighted by Crippen LogP contribution is 2.37. The molecule has 0 spiro atoms. The number of carbonyl (C=O) groups excluding carboxylic acids is 1. The molecule has 5 rings (SSSR count). The highest BCUT2D eigenvalue weighted by atomic mass is 35.5. The minimum absolute atomic E-state index is 0.109. The molecular weight excluding hydrogens is 557 g/mol. The van der Waals surface area contributed by atoms with Crippen LogP contribution < -0.4 is 20.3 Å². The zero-order valence-corrected chi connectivity index (χ0v) is 22.2. The molecule has 1 atom stereocenters. The maximum atomic E-state index is 12.9. The number of aliphatic hydroxyl groups excluding tert-OH is 1. The Hall–Kier alpha value is -4.54. The summed E-state index contributed by atoms with van der Waals surface area (Å²) in [5.41, 5.74) is 2.38. The van der Waals surface area contributed by atoms with Crippen LogP contribution in [0.3, 0.4) is 0 Å². The Labute approximate surface area is 238 Å². The van der Waals surface area contributed by atoms with Crippen LogP contribution in [-0.4, -0.2) is 29.7 Å². The van der Waals surface area contributed by atoms with Gasteiger partial charge in [0.15, 0.2) is 6.23 Å². The van der Waals surface area contributed by atoms with Gasteiger partial charge in [0, 0.05) is 17.9 Å².